The third kappa shape index (κ3) is 3.07. The Bertz CT molecular complexity index is 744. The van der Waals surface area contributed by atoms with Crippen LogP contribution in [0.1, 0.15) is 10.6 Å². The number of nitrogens with one attached hydrogen (secondary N) is 1. The van der Waals surface area contributed by atoms with Crippen molar-refractivity contribution in [2.45, 2.75) is 18.4 Å². The van der Waals surface area contributed by atoms with E-state index in [-0.39, 0.29) is 27.2 Å². The zero-order valence-electron chi connectivity index (χ0n) is 10.4. The van der Waals surface area contributed by atoms with Gasteiger partial charge in [-0.25, -0.2) is 18.1 Å². The maximum atomic E-state index is 12.2. The molecule has 0 amide bonds. The number of thiazole rings is 1. The maximum absolute atomic E-state index is 12.2. The molecule has 0 radical (unpaired) electrons. The fourth-order valence-corrected chi connectivity index (χ4v) is 4.06. The Morgan fingerprint density at radius 1 is 1.40 bits per heavy atom. The lowest BCUT2D eigenvalue weighted by atomic mass is 10.3. The van der Waals surface area contributed by atoms with Gasteiger partial charge in [0.05, 0.1) is 26.9 Å². The van der Waals surface area contributed by atoms with E-state index in [1.54, 1.807) is 5.51 Å². The molecule has 0 aliphatic rings. The number of rotatable bonds is 4. The van der Waals surface area contributed by atoms with Gasteiger partial charge >= 0.3 is 0 Å². The first kappa shape index (κ1) is 15.5. The molecular formula is C11H11Cl2N3O2S2. The summed E-state index contributed by atoms with van der Waals surface area (Å²) in [5, 5.41) is 0.137. The van der Waals surface area contributed by atoms with Crippen LogP contribution in [0.4, 0.5) is 5.69 Å². The SMILES string of the molecule is Cc1ncsc1CNS(=O)(=O)c1ccc(Cl)c(N)c1Cl. The zero-order valence-corrected chi connectivity index (χ0v) is 13.5. The topological polar surface area (TPSA) is 85.1 Å². The lowest BCUT2D eigenvalue weighted by Gasteiger charge is -2.10. The lowest BCUT2D eigenvalue weighted by molar-refractivity contribution is 0.582. The maximum Gasteiger partial charge on any atom is 0.242 e. The van der Waals surface area contributed by atoms with Gasteiger partial charge in [0.25, 0.3) is 0 Å². The quantitative estimate of drug-likeness (QED) is 0.829. The summed E-state index contributed by atoms with van der Waals surface area (Å²) < 4.78 is 26.9. The largest absolute Gasteiger partial charge is 0.396 e. The molecule has 5 nitrogen and oxygen atoms in total. The minimum Gasteiger partial charge on any atom is -0.396 e. The summed E-state index contributed by atoms with van der Waals surface area (Å²) in [6.45, 7) is 1.96. The average molecular weight is 352 g/mol. The van der Waals surface area contributed by atoms with Crippen LogP contribution in [-0.4, -0.2) is 13.4 Å². The molecule has 0 unspecified atom stereocenters. The molecule has 1 aromatic carbocycles. The number of aryl methyl sites for hydroxylation is 1. The second-order valence-corrected chi connectivity index (χ2v) is 7.42. The summed E-state index contributed by atoms with van der Waals surface area (Å²) in [4.78, 5) is 4.80. The zero-order chi connectivity index (χ0) is 14.9. The van der Waals surface area contributed by atoms with Crippen molar-refractivity contribution in [2.24, 2.45) is 0 Å². The van der Waals surface area contributed by atoms with E-state index in [1.807, 2.05) is 6.92 Å². The van der Waals surface area contributed by atoms with E-state index in [1.165, 1.54) is 23.5 Å². The summed E-state index contributed by atoms with van der Waals surface area (Å²) in [6, 6.07) is 2.72. The summed E-state index contributed by atoms with van der Waals surface area (Å²) in [6.07, 6.45) is 0. The summed E-state index contributed by atoms with van der Waals surface area (Å²) in [5.74, 6) is 0. The van der Waals surface area contributed by atoms with E-state index in [4.69, 9.17) is 28.9 Å². The van der Waals surface area contributed by atoms with Crippen molar-refractivity contribution >= 4 is 50.2 Å². The first-order valence-corrected chi connectivity index (χ1v) is 8.57. The molecule has 0 bridgehead atoms. The van der Waals surface area contributed by atoms with E-state index in [0.717, 1.165) is 10.6 Å². The van der Waals surface area contributed by atoms with Crippen molar-refractivity contribution in [3.05, 3.63) is 38.3 Å². The van der Waals surface area contributed by atoms with Gasteiger partial charge in [0.1, 0.15) is 4.90 Å². The van der Waals surface area contributed by atoms with E-state index >= 15 is 0 Å². The number of benzene rings is 1. The number of nitrogens with two attached hydrogens (primary N) is 1. The summed E-state index contributed by atoms with van der Waals surface area (Å²) in [5.41, 5.74) is 8.13. The average Bonchev–Trinajstić information content (AvgIpc) is 2.79. The van der Waals surface area contributed by atoms with Crippen molar-refractivity contribution < 1.29 is 8.42 Å². The van der Waals surface area contributed by atoms with Crippen LogP contribution in [0.5, 0.6) is 0 Å². The molecule has 108 valence electrons. The Labute approximate surface area is 130 Å². The van der Waals surface area contributed by atoms with Gasteiger partial charge in [0.15, 0.2) is 0 Å². The number of hydrogen-bond acceptors (Lipinski definition) is 5. The number of nitrogen functional groups attached to an aromatic ring is 1. The molecule has 0 aliphatic carbocycles. The number of nitrogens with zero attached hydrogens (tertiary/aromatic N) is 1. The summed E-state index contributed by atoms with van der Waals surface area (Å²) >= 11 is 13.1. The van der Waals surface area contributed by atoms with Gasteiger partial charge in [-0.05, 0) is 19.1 Å². The molecule has 20 heavy (non-hydrogen) atoms. The highest BCUT2D eigenvalue weighted by atomic mass is 35.5. The Kier molecular flexibility index (Phi) is 4.55. The van der Waals surface area contributed by atoms with Crippen molar-refractivity contribution in [3.63, 3.8) is 0 Å². The Balaban J connectivity index is 2.27. The van der Waals surface area contributed by atoms with Crippen LogP contribution in [-0.2, 0) is 16.6 Å². The fraction of sp³-hybridized carbons (Fsp3) is 0.182. The third-order valence-electron chi connectivity index (χ3n) is 2.65. The molecule has 0 saturated carbocycles. The lowest BCUT2D eigenvalue weighted by Crippen LogP contribution is -2.23. The van der Waals surface area contributed by atoms with Crippen LogP contribution in [0, 0.1) is 6.92 Å². The first-order chi connectivity index (χ1) is 9.33. The third-order valence-corrected chi connectivity index (χ3v) is 5.88. The Morgan fingerprint density at radius 2 is 2.10 bits per heavy atom. The number of hydrogen-bond donors (Lipinski definition) is 2. The van der Waals surface area contributed by atoms with Gasteiger partial charge < -0.3 is 5.73 Å². The molecule has 0 spiro atoms. The van der Waals surface area contributed by atoms with Gasteiger partial charge in [-0.15, -0.1) is 11.3 Å². The van der Waals surface area contributed by atoms with Crippen LogP contribution in [0.15, 0.2) is 22.5 Å². The Hall–Kier alpha value is -0.860. The van der Waals surface area contributed by atoms with Gasteiger partial charge in [-0.2, -0.15) is 0 Å². The number of aromatic nitrogens is 1. The highest BCUT2D eigenvalue weighted by Crippen LogP contribution is 2.33. The van der Waals surface area contributed by atoms with Gasteiger partial charge in [-0.3, -0.25) is 0 Å². The van der Waals surface area contributed by atoms with Crippen LogP contribution in [0.2, 0.25) is 10.0 Å². The minimum atomic E-state index is -3.76. The molecule has 2 rings (SSSR count). The smallest absolute Gasteiger partial charge is 0.242 e. The normalized spacial score (nSPS) is 11.8. The van der Waals surface area contributed by atoms with Crippen LogP contribution < -0.4 is 10.5 Å². The number of halogens is 2. The van der Waals surface area contributed by atoms with Gasteiger partial charge in [-0.1, -0.05) is 23.2 Å². The first-order valence-electron chi connectivity index (χ1n) is 5.45. The van der Waals surface area contributed by atoms with Crippen molar-refractivity contribution in [3.8, 4) is 0 Å². The molecule has 0 aliphatic heterocycles. The predicted octanol–water partition coefficient (Wildman–Crippen LogP) is 2.82. The predicted molar refractivity (Wildman–Crippen MR) is 81.8 cm³/mol. The molecule has 1 aromatic heterocycles. The number of anilines is 1. The van der Waals surface area contributed by atoms with Crippen LogP contribution >= 0.6 is 34.5 Å². The van der Waals surface area contributed by atoms with E-state index in [2.05, 4.69) is 9.71 Å². The Morgan fingerprint density at radius 3 is 2.70 bits per heavy atom. The highest BCUT2D eigenvalue weighted by molar-refractivity contribution is 7.89. The van der Waals surface area contributed by atoms with Crippen LogP contribution in [0.25, 0.3) is 0 Å². The summed E-state index contributed by atoms with van der Waals surface area (Å²) in [7, 11) is -3.76. The van der Waals surface area contributed by atoms with Gasteiger partial charge in [0.2, 0.25) is 10.0 Å². The van der Waals surface area contributed by atoms with E-state index in [0.29, 0.717) is 0 Å². The van der Waals surface area contributed by atoms with Gasteiger partial charge in [0, 0.05) is 11.4 Å². The molecule has 0 atom stereocenters. The second-order valence-electron chi connectivity index (χ2n) is 3.96. The minimum absolute atomic E-state index is 0.0465. The highest BCUT2D eigenvalue weighted by Gasteiger charge is 2.21. The molecule has 0 fully saturated rings. The molecule has 2 aromatic rings. The van der Waals surface area contributed by atoms with Crippen LogP contribution in [0.3, 0.4) is 0 Å². The standard InChI is InChI=1S/C11H11Cl2N3O2S2/c1-6-8(19-5-15-6)4-16-20(17,18)9-3-2-7(12)11(14)10(9)13/h2-3,5,16H,4,14H2,1H3. The van der Waals surface area contributed by atoms with Crippen molar-refractivity contribution in [2.75, 3.05) is 5.73 Å². The fourth-order valence-electron chi connectivity index (χ4n) is 1.49. The number of sulfonamides is 1. The molecule has 3 N–H and O–H groups in total. The monoisotopic (exact) mass is 351 g/mol. The molecule has 9 heteroatoms. The van der Waals surface area contributed by atoms with E-state index in [9.17, 15) is 8.42 Å². The molecule has 0 saturated heterocycles. The van der Waals surface area contributed by atoms with Crippen molar-refractivity contribution in [1.82, 2.24) is 9.71 Å². The molecular weight excluding hydrogens is 341 g/mol. The van der Waals surface area contributed by atoms with E-state index < -0.39 is 10.0 Å². The van der Waals surface area contributed by atoms with Crippen molar-refractivity contribution in [1.29, 1.82) is 0 Å². The molecule has 1 heterocycles. The second kappa shape index (κ2) is 5.87.